The molecule has 5 aromatic carbocycles. The number of furan rings is 1. The number of hydrogen-bond acceptors (Lipinski definition) is 3. The van der Waals surface area contributed by atoms with Gasteiger partial charge in [0.15, 0.2) is 0 Å². The van der Waals surface area contributed by atoms with E-state index in [0.29, 0.717) is 0 Å². The molecular weight excluding hydrogens is 448 g/mol. The number of nitrogens with zero attached hydrogens (tertiary/aromatic N) is 2. The molecule has 0 saturated heterocycles. The predicted molar refractivity (Wildman–Crippen MR) is 148 cm³/mol. The summed E-state index contributed by atoms with van der Waals surface area (Å²) in [6, 6.07) is 34.3. The Balaban J connectivity index is 1.69. The highest BCUT2D eigenvalue weighted by atomic mass is 32.1. The number of fused-ring (bicyclic) bond motifs is 16. The quantitative estimate of drug-likeness (QED) is 0.210. The van der Waals surface area contributed by atoms with Crippen LogP contribution in [-0.2, 0) is 0 Å². The summed E-state index contributed by atoms with van der Waals surface area (Å²) in [5.41, 5.74) is 6.14. The van der Waals surface area contributed by atoms with Crippen molar-refractivity contribution in [2.75, 3.05) is 0 Å². The van der Waals surface area contributed by atoms with E-state index < -0.39 is 0 Å². The molecule has 0 saturated carbocycles. The molecule has 3 nitrogen and oxygen atoms in total. The van der Waals surface area contributed by atoms with Crippen molar-refractivity contribution in [1.29, 1.82) is 0 Å². The largest absolute Gasteiger partial charge is 0.456 e. The Bertz CT molecular complexity index is 2330. The van der Waals surface area contributed by atoms with Gasteiger partial charge in [-0.2, -0.15) is 0 Å². The summed E-state index contributed by atoms with van der Waals surface area (Å²) in [4.78, 5) is 5.19. The standard InChI is InChI=1S/C31H16N2OS/c1-5-11-24-19(8-1)28-25(34-24)16-15-23-27(28)20-14-13-18-17-7-2-6-12-26(17)35-30(18)29(20)31-32-21-9-3-4-10-22(21)33(23)31/h1-16H. The summed E-state index contributed by atoms with van der Waals surface area (Å²) >= 11 is 1.86. The first-order valence-corrected chi connectivity index (χ1v) is 12.6. The molecule has 9 aromatic rings. The minimum atomic E-state index is 0.917. The molecule has 162 valence electrons. The normalized spacial score (nSPS) is 12.6. The highest BCUT2D eigenvalue weighted by Gasteiger charge is 2.21. The molecule has 35 heavy (non-hydrogen) atoms. The molecule has 0 spiro atoms. The topological polar surface area (TPSA) is 30.4 Å². The number of rotatable bonds is 0. The Hall–Kier alpha value is -4.41. The highest BCUT2D eigenvalue weighted by Crippen LogP contribution is 2.45. The van der Waals surface area contributed by atoms with Gasteiger partial charge in [-0.15, -0.1) is 11.3 Å². The van der Waals surface area contributed by atoms with E-state index in [9.17, 15) is 0 Å². The average molecular weight is 465 g/mol. The number of hydrogen-bond donors (Lipinski definition) is 0. The molecule has 0 fully saturated rings. The lowest BCUT2D eigenvalue weighted by atomic mass is 9.99. The Morgan fingerprint density at radius 2 is 1.37 bits per heavy atom. The van der Waals surface area contributed by atoms with Crippen LogP contribution in [0.1, 0.15) is 0 Å². The Morgan fingerprint density at radius 3 is 2.34 bits per heavy atom. The maximum atomic E-state index is 6.30. The van der Waals surface area contributed by atoms with Gasteiger partial charge in [0.1, 0.15) is 16.8 Å². The second-order valence-electron chi connectivity index (χ2n) is 9.15. The second-order valence-corrected chi connectivity index (χ2v) is 10.2. The van der Waals surface area contributed by atoms with E-state index in [1.54, 1.807) is 0 Å². The van der Waals surface area contributed by atoms with Crippen molar-refractivity contribution in [3.05, 3.63) is 97.1 Å². The van der Waals surface area contributed by atoms with Crippen LogP contribution < -0.4 is 0 Å². The van der Waals surface area contributed by atoms with Crippen LogP contribution >= 0.6 is 11.3 Å². The third-order valence-corrected chi connectivity index (χ3v) is 8.57. The summed E-state index contributed by atoms with van der Waals surface area (Å²) in [7, 11) is 0. The van der Waals surface area contributed by atoms with E-state index in [2.05, 4.69) is 95.4 Å². The molecule has 0 N–H and O–H groups in total. The number of imidazole rings is 1. The van der Waals surface area contributed by atoms with Gasteiger partial charge < -0.3 is 4.42 Å². The Labute approximate surface area is 202 Å². The molecule has 9 rings (SSSR count). The lowest BCUT2D eigenvalue weighted by Crippen LogP contribution is -1.92. The monoisotopic (exact) mass is 464 g/mol. The van der Waals surface area contributed by atoms with E-state index in [0.717, 1.165) is 38.7 Å². The van der Waals surface area contributed by atoms with Gasteiger partial charge in [-0.1, -0.05) is 60.7 Å². The average Bonchev–Trinajstić information content (AvgIpc) is 3.59. The van der Waals surface area contributed by atoms with Crippen LogP contribution in [0.4, 0.5) is 0 Å². The van der Waals surface area contributed by atoms with E-state index in [1.807, 2.05) is 17.4 Å². The fourth-order valence-electron chi connectivity index (χ4n) is 5.92. The molecular formula is C31H16N2OS. The Morgan fingerprint density at radius 1 is 0.571 bits per heavy atom. The molecule has 4 heterocycles. The van der Waals surface area contributed by atoms with E-state index in [-0.39, 0.29) is 0 Å². The second kappa shape index (κ2) is 6.17. The smallest absolute Gasteiger partial charge is 0.147 e. The molecule has 4 heteroatoms. The minimum absolute atomic E-state index is 0.917. The van der Waals surface area contributed by atoms with Crippen LogP contribution in [0.3, 0.4) is 0 Å². The highest BCUT2D eigenvalue weighted by molar-refractivity contribution is 7.26. The summed E-state index contributed by atoms with van der Waals surface area (Å²) in [5.74, 6) is 0. The van der Waals surface area contributed by atoms with Crippen LogP contribution in [0.15, 0.2) is 101 Å². The summed E-state index contributed by atoms with van der Waals surface area (Å²) in [6.45, 7) is 0. The molecule has 0 aliphatic heterocycles. The number of thiophene rings is 1. The molecule has 0 unspecified atom stereocenters. The first-order valence-electron chi connectivity index (χ1n) is 11.7. The predicted octanol–water partition coefficient (Wildman–Crippen LogP) is 9.06. The zero-order valence-corrected chi connectivity index (χ0v) is 19.3. The van der Waals surface area contributed by atoms with Crippen LogP contribution in [0, 0.1) is 0 Å². The summed E-state index contributed by atoms with van der Waals surface area (Å²) < 4.78 is 11.2. The van der Waals surface area contributed by atoms with Crippen molar-refractivity contribution in [2.24, 2.45) is 0 Å². The molecule has 0 bridgehead atoms. The minimum Gasteiger partial charge on any atom is -0.456 e. The SMILES string of the molecule is c1ccc2c(c1)nc1c3c(ccc4c5ccccc5sc43)c3c4c(ccc3n21)oc1ccccc14. The van der Waals surface area contributed by atoms with Crippen LogP contribution in [-0.4, -0.2) is 9.38 Å². The van der Waals surface area contributed by atoms with Gasteiger partial charge in [-0.05, 0) is 41.8 Å². The molecule has 0 atom stereocenters. The van der Waals surface area contributed by atoms with Crippen molar-refractivity contribution < 1.29 is 4.42 Å². The van der Waals surface area contributed by atoms with E-state index in [4.69, 9.17) is 9.40 Å². The number of pyridine rings is 1. The number of aromatic nitrogens is 2. The van der Waals surface area contributed by atoms with Crippen molar-refractivity contribution in [3.8, 4) is 0 Å². The Kier molecular flexibility index (Phi) is 3.17. The van der Waals surface area contributed by atoms with E-state index in [1.165, 1.54) is 41.7 Å². The van der Waals surface area contributed by atoms with Gasteiger partial charge in [0.2, 0.25) is 0 Å². The third kappa shape index (κ3) is 2.14. The maximum Gasteiger partial charge on any atom is 0.147 e. The summed E-state index contributed by atoms with van der Waals surface area (Å²) in [5, 5.41) is 8.56. The summed E-state index contributed by atoms with van der Waals surface area (Å²) in [6.07, 6.45) is 0. The number of benzene rings is 5. The van der Waals surface area contributed by atoms with Crippen molar-refractivity contribution in [2.45, 2.75) is 0 Å². The van der Waals surface area contributed by atoms with Crippen molar-refractivity contribution in [1.82, 2.24) is 9.38 Å². The molecule has 0 aliphatic rings. The third-order valence-electron chi connectivity index (χ3n) is 7.36. The van der Waals surface area contributed by atoms with E-state index >= 15 is 0 Å². The fraction of sp³-hybridized carbons (Fsp3) is 0. The van der Waals surface area contributed by atoms with Gasteiger partial charge in [-0.25, -0.2) is 4.98 Å². The fourth-order valence-corrected chi connectivity index (χ4v) is 7.17. The van der Waals surface area contributed by atoms with Crippen LogP contribution in [0.2, 0.25) is 0 Å². The first-order chi connectivity index (χ1) is 17.4. The maximum absolute atomic E-state index is 6.30. The van der Waals surface area contributed by atoms with Crippen molar-refractivity contribution >= 4 is 91.8 Å². The molecule has 4 aromatic heterocycles. The van der Waals surface area contributed by atoms with Gasteiger partial charge in [0.25, 0.3) is 0 Å². The van der Waals surface area contributed by atoms with Crippen LogP contribution in [0.25, 0.3) is 80.5 Å². The first kappa shape index (κ1) is 18.0. The number of para-hydroxylation sites is 3. The van der Waals surface area contributed by atoms with Gasteiger partial charge in [-0.3, -0.25) is 4.40 Å². The lowest BCUT2D eigenvalue weighted by Gasteiger charge is -2.11. The lowest BCUT2D eigenvalue weighted by molar-refractivity contribution is 0.669. The van der Waals surface area contributed by atoms with Gasteiger partial charge in [0.05, 0.1) is 16.6 Å². The van der Waals surface area contributed by atoms with Gasteiger partial charge in [0, 0.05) is 41.7 Å². The zero-order chi connectivity index (χ0) is 22.7. The van der Waals surface area contributed by atoms with Crippen molar-refractivity contribution in [3.63, 3.8) is 0 Å². The molecule has 0 radical (unpaired) electrons. The molecule has 0 amide bonds. The zero-order valence-electron chi connectivity index (χ0n) is 18.4. The van der Waals surface area contributed by atoms with Gasteiger partial charge >= 0.3 is 0 Å². The molecule has 0 aliphatic carbocycles. The van der Waals surface area contributed by atoms with Crippen LogP contribution in [0.5, 0.6) is 0 Å².